The van der Waals surface area contributed by atoms with Gasteiger partial charge in [-0.05, 0) is 95.0 Å². The average molecular weight is 542 g/mol. The molecule has 6 nitrogen and oxygen atoms in total. The van der Waals surface area contributed by atoms with E-state index < -0.39 is 11.8 Å². The number of benzene rings is 3. The average Bonchev–Trinajstić information content (AvgIpc) is 2.75. The van der Waals surface area contributed by atoms with Crippen molar-refractivity contribution in [3.8, 4) is 17.2 Å². The van der Waals surface area contributed by atoms with E-state index in [-0.39, 0.29) is 16.4 Å². The van der Waals surface area contributed by atoms with Crippen LogP contribution in [0.25, 0.3) is 6.08 Å². The summed E-state index contributed by atoms with van der Waals surface area (Å²) in [4.78, 5) is 26.8. The molecule has 0 bridgehead atoms. The molecule has 2 amide bonds. The molecule has 2 N–H and O–H groups in total. The zero-order valence-corrected chi connectivity index (χ0v) is 18.9. The molecule has 1 aliphatic rings. The lowest BCUT2D eigenvalue weighted by Crippen LogP contribution is -2.54. The molecule has 3 aromatic rings. The minimum Gasteiger partial charge on any atom is -0.507 e. The third kappa shape index (κ3) is 4.59. The van der Waals surface area contributed by atoms with Gasteiger partial charge < -0.3 is 9.84 Å². The molecule has 1 fully saturated rings. The van der Waals surface area contributed by atoms with Gasteiger partial charge in [-0.1, -0.05) is 24.3 Å². The van der Waals surface area contributed by atoms with E-state index in [2.05, 4.69) is 5.32 Å². The van der Waals surface area contributed by atoms with Gasteiger partial charge in [-0.25, -0.2) is 0 Å². The number of carbonyl (C=O) groups excluding carboxylic acids is 2. The van der Waals surface area contributed by atoms with Crippen LogP contribution in [0.5, 0.6) is 17.2 Å². The molecule has 8 heteroatoms. The lowest BCUT2D eigenvalue weighted by Gasteiger charge is -2.29. The van der Waals surface area contributed by atoms with Crippen LogP contribution >= 0.6 is 34.8 Å². The molecule has 1 saturated heterocycles. The first-order valence-electron chi connectivity index (χ1n) is 9.15. The van der Waals surface area contributed by atoms with Crippen LogP contribution in [-0.4, -0.2) is 22.0 Å². The molecular formula is C23H15IN2O4S. The van der Waals surface area contributed by atoms with Gasteiger partial charge in [0.15, 0.2) is 5.11 Å². The Morgan fingerprint density at radius 2 is 1.65 bits per heavy atom. The topological polar surface area (TPSA) is 78.9 Å². The molecule has 3 aromatic carbocycles. The number of anilines is 1. The Labute approximate surface area is 197 Å². The number of aromatic hydroxyl groups is 1. The Balaban J connectivity index is 1.61. The van der Waals surface area contributed by atoms with Crippen LogP contribution in [0.15, 0.2) is 78.4 Å². The number of carbonyl (C=O) groups is 2. The number of phenolic OH excluding ortho intramolecular Hbond substituents is 1. The van der Waals surface area contributed by atoms with Crippen molar-refractivity contribution in [2.24, 2.45) is 0 Å². The molecule has 0 radical (unpaired) electrons. The second kappa shape index (κ2) is 8.86. The van der Waals surface area contributed by atoms with Gasteiger partial charge in [0.05, 0.1) is 9.26 Å². The summed E-state index contributed by atoms with van der Waals surface area (Å²) in [5.41, 5.74) is 0.932. The summed E-state index contributed by atoms with van der Waals surface area (Å²) in [6, 6.07) is 21.0. The molecule has 1 aliphatic heterocycles. The third-order valence-electron chi connectivity index (χ3n) is 4.46. The summed E-state index contributed by atoms with van der Waals surface area (Å²) < 4.78 is 6.44. The number of hydrogen-bond donors (Lipinski definition) is 2. The molecule has 154 valence electrons. The van der Waals surface area contributed by atoms with Gasteiger partial charge in [-0.15, -0.1) is 0 Å². The highest BCUT2D eigenvalue weighted by molar-refractivity contribution is 14.1. The second-order valence-electron chi connectivity index (χ2n) is 6.58. The standard InChI is InChI=1S/C23H15IN2O4S/c24-19-11-6-14(13-20(19)27)12-18-21(28)25-23(31)26(22(18)29)15-7-9-17(10-8-15)30-16-4-2-1-3-5-16/h1-13,27H,(H,25,28,31)/b18-12+. The number of phenols is 1. The van der Waals surface area contributed by atoms with Crippen LogP contribution < -0.4 is 15.0 Å². The van der Waals surface area contributed by atoms with E-state index in [9.17, 15) is 14.7 Å². The maximum atomic E-state index is 13.1. The number of hydrogen-bond acceptors (Lipinski definition) is 5. The van der Waals surface area contributed by atoms with Crippen molar-refractivity contribution < 1.29 is 19.4 Å². The molecule has 0 saturated carbocycles. The molecule has 0 aromatic heterocycles. The summed E-state index contributed by atoms with van der Waals surface area (Å²) in [5, 5.41) is 12.4. The van der Waals surface area contributed by atoms with E-state index in [0.29, 0.717) is 26.3 Å². The molecule has 4 rings (SSSR count). The number of nitrogens with zero attached hydrogens (tertiary/aromatic N) is 1. The predicted octanol–water partition coefficient (Wildman–Crippen LogP) is 4.62. The fraction of sp³-hybridized carbons (Fsp3) is 0. The van der Waals surface area contributed by atoms with Crippen LogP contribution in [0.2, 0.25) is 0 Å². The number of amides is 2. The number of halogens is 1. The molecule has 0 atom stereocenters. The van der Waals surface area contributed by atoms with E-state index in [0.717, 1.165) is 0 Å². The van der Waals surface area contributed by atoms with E-state index in [1.165, 1.54) is 17.0 Å². The highest BCUT2D eigenvalue weighted by atomic mass is 127. The Morgan fingerprint density at radius 3 is 2.32 bits per heavy atom. The molecule has 0 aliphatic carbocycles. The van der Waals surface area contributed by atoms with Crippen LogP contribution in [0.4, 0.5) is 5.69 Å². The zero-order valence-electron chi connectivity index (χ0n) is 15.9. The van der Waals surface area contributed by atoms with Gasteiger partial charge in [0, 0.05) is 0 Å². The van der Waals surface area contributed by atoms with Crippen molar-refractivity contribution in [3.63, 3.8) is 0 Å². The van der Waals surface area contributed by atoms with Crippen molar-refractivity contribution in [2.45, 2.75) is 0 Å². The molecule has 0 unspecified atom stereocenters. The lowest BCUT2D eigenvalue weighted by molar-refractivity contribution is -0.122. The summed E-state index contributed by atoms with van der Waals surface area (Å²) in [5.74, 6) is 0.217. The number of nitrogens with one attached hydrogen (secondary N) is 1. The number of para-hydroxylation sites is 1. The maximum Gasteiger partial charge on any atom is 0.270 e. The van der Waals surface area contributed by atoms with E-state index in [1.54, 1.807) is 36.4 Å². The van der Waals surface area contributed by atoms with Crippen LogP contribution in [0.1, 0.15) is 5.56 Å². The SMILES string of the molecule is O=C1NC(=S)N(c2ccc(Oc3ccccc3)cc2)C(=O)/C1=C/c1ccc(I)c(O)c1. The summed E-state index contributed by atoms with van der Waals surface area (Å²) >= 11 is 7.22. The smallest absolute Gasteiger partial charge is 0.270 e. The van der Waals surface area contributed by atoms with E-state index in [1.807, 2.05) is 52.9 Å². The van der Waals surface area contributed by atoms with Crippen molar-refractivity contribution in [1.82, 2.24) is 5.32 Å². The van der Waals surface area contributed by atoms with Gasteiger partial charge >= 0.3 is 0 Å². The number of thiocarbonyl (C=S) groups is 1. The number of ether oxygens (including phenoxy) is 1. The van der Waals surface area contributed by atoms with Gasteiger partial charge in [-0.2, -0.15) is 0 Å². The van der Waals surface area contributed by atoms with Crippen LogP contribution in [0.3, 0.4) is 0 Å². The Kier molecular flexibility index (Phi) is 6.01. The first kappa shape index (κ1) is 21.0. The highest BCUT2D eigenvalue weighted by Gasteiger charge is 2.34. The van der Waals surface area contributed by atoms with Gasteiger partial charge in [0.1, 0.15) is 22.8 Å². The first-order chi connectivity index (χ1) is 14.9. The minimum atomic E-state index is -0.590. The molecule has 0 spiro atoms. The minimum absolute atomic E-state index is 0.00525. The van der Waals surface area contributed by atoms with Gasteiger partial charge in [0.25, 0.3) is 11.8 Å². The normalized spacial score (nSPS) is 15.2. The van der Waals surface area contributed by atoms with Crippen LogP contribution in [-0.2, 0) is 9.59 Å². The Bertz CT molecular complexity index is 1210. The molecular weight excluding hydrogens is 527 g/mol. The fourth-order valence-electron chi connectivity index (χ4n) is 2.97. The largest absolute Gasteiger partial charge is 0.507 e. The van der Waals surface area contributed by atoms with Crippen molar-refractivity contribution in [3.05, 3.63) is 87.5 Å². The molecule has 1 heterocycles. The second-order valence-corrected chi connectivity index (χ2v) is 8.13. The summed E-state index contributed by atoms with van der Waals surface area (Å²) in [6.45, 7) is 0. The quantitative estimate of drug-likeness (QED) is 0.218. The monoisotopic (exact) mass is 542 g/mol. The zero-order chi connectivity index (χ0) is 22.0. The third-order valence-corrected chi connectivity index (χ3v) is 5.65. The van der Waals surface area contributed by atoms with Crippen molar-refractivity contribution in [2.75, 3.05) is 4.90 Å². The van der Waals surface area contributed by atoms with E-state index in [4.69, 9.17) is 17.0 Å². The van der Waals surface area contributed by atoms with Crippen molar-refractivity contribution >= 4 is 63.5 Å². The Morgan fingerprint density at radius 1 is 0.968 bits per heavy atom. The first-order valence-corrected chi connectivity index (χ1v) is 10.6. The van der Waals surface area contributed by atoms with Gasteiger partial charge in [0.2, 0.25) is 0 Å². The highest BCUT2D eigenvalue weighted by Crippen LogP contribution is 2.28. The number of rotatable bonds is 4. The molecule has 31 heavy (non-hydrogen) atoms. The van der Waals surface area contributed by atoms with E-state index >= 15 is 0 Å². The maximum absolute atomic E-state index is 13.1. The van der Waals surface area contributed by atoms with Crippen molar-refractivity contribution in [1.29, 1.82) is 0 Å². The predicted molar refractivity (Wildman–Crippen MR) is 130 cm³/mol. The summed E-state index contributed by atoms with van der Waals surface area (Å²) in [6.07, 6.45) is 1.43. The van der Waals surface area contributed by atoms with Crippen LogP contribution in [0, 0.1) is 3.57 Å². The Hall–Kier alpha value is -3.24. The fourth-order valence-corrected chi connectivity index (χ4v) is 3.58. The lowest BCUT2D eigenvalue weighted by atomic mass is 10.1. The summed E-state index contributed by atoms with van der Waals surface area (Å²) in [7, 11) is 0. The van der Waals surface area contributed by atoms with Gasteiger partial charge in [-0.3, -0.25) is 19.8 Å².